The zero-order valence-corrected chi connectivity index (χ0v) is 10.6. The fourth-order valence-corrected chi connectivity index (χ4v) is 3.54. The van der Waals surface area contributed by atoms with Gasteiger partial charge in [0.15, 0.2) is 0 Å². The second-order valence-corrected chi connectivity index (χ2v) is 6.39. The number of rotatable bonds is 3. The lowest BCUT2D eigenvalue weighted by molar-refractivity contribution is 0.603. The van der Waals surface area contributed by atoms with Gasteiger partial charge in [-0.25, -0.2) is 8.42 Å². The zero-order chi connectivity index (χ0) is 11.6. The molecule has 6 heteroatoms. The highest BCUT2D eigenvalue weighted by Gasteiger charge is 2.15. The standard InChI is InChI=1S/C10H9NO2S3/c12-16(13,10-6-3-7-15-10)11-8-4-1-2-5-9(8)14/h1-7,11,14H. The molecule has 0 spiro atoms. The summed E-state index contributed by atoms with van der Waals surface area (Å²) < 4.78 is 26.6. The minimum Gasteiger partial charge on any atom is -0.278 e. The lowest BCUT2D eigenvalue weighted by atomic mass is 10.3. The lowest BCUT2D eigenvalue weighted by Gasteiger charge is -2.07. The first-order valence-electron chi connectivity index (χ1n) is 4.44. The van der Waals surface area contributed by atoms with E-state index in [-0.39, 0.29) is 0 Å². The van der Waals surface area contributed by atoms with Gasteiger partial charge in [0.05, 0.1) is 5.69 Å². The summed E-state index contributed by atoms with van der Waals surface area (Å²) in [5.74, 6) is 0. The molecule has 1 aromatic carbocycles. The third kappa shape index (κ3) is 2.40. The Balaban J connectivity index is 2.33. The Labute approximate surface area is 104 Å². The van der Waals surface area contributed by atoms with Gasteiger partial charge in [-0.2, -0.15) is 0 Å². The molecule has 3 nitrogen and oxygen atoms in total. The van der Waals surface area contributed by atoms with Crippen molar-refractivity contribution in [2.24, 2.45) is 0 Å². The predicted molar refractivity (Wildman–Crippen MR) is 68.8 cm³/mol. The maximum atomic E-state index is 11.9. The van der Waals surface area contributed by atoms with E-state index >= 15 is 0 Å². The molecule has 1 heterocycles. The molecule has 0 fully saturated rings. The van der Waals surface area contributed by atoms with Crippen LogP contribution >= 0.6 is 24.0 Å². The minimum atomic E-state index is -3.47. The summed E-state index contributed by atoms with van der Waals surface area (Å²) in [7, 11) is -3.47. The van der Waals surface area contributed by atoms with Crippen molar-refractivity contribution in [1.82, 2.24) is 0 Å². The van der Waals surface area contributed by atoms with Gasteiger partial charge in [-0.05, 0) is 23.6 Å². The summed E-state index contributed by atoms with van der Waals surface area (Å²) in [6.45, 7) is 0. The van der Waals surface area contributed by atoms with Crippen molar-refractivity contribution in [2.45, 2.75) is 9.10 Å². The average molecular weight is 271 g/mol. The van der Waals surface area contributed by atoms with E-state index in [1.165, 1.54) is 11.3 Å². The Morgan fingerprint density at radius 3 is 2.50 bits per heavy atom. The maximum Gasteiger partial charge on any atom is 0.271 e. The highest BCUT2D eigenvalue weighted by atomic mass is 32.2. The van der Waals surface area contributed by atoms with Crippen LogP contribution in [0.25, 0.3) is 0 Å². The molecular weight excluding hydrogens is 262 g/mol. The number of hydrogen-bond donors (Lipinski definition) is 2. The van der Waals surface area contributed by atoms with E-state index in [4.69, 9.17) is 0 Å². The monoisotopic (exact) mass is 271 g/mol. The first kappa shape index (κ1) is 11.5. The fourth-order valence-electron chi connectivity index (χ4n) is 1.17. The minimum absolute atomic E-state index is 0.295. The molecule has 16 heavy (non-hydrogen) atoms. The number of sulfonamides is 1. The molecule has 84 valence electrons. The summed E-state index contributed by atoms with van der Waals surface area (Å²) in [5, 5.41) is 1.72. The van der Waals surface area contributed by atoms with Gasteiger partial charge >= 0.3 is 0 Å². The van der Waals surface area contributed by atoms with Crippen LogP contribution in [0.1, 0.15) is 0 Å². The van der Waals surface area contributed by atoms with E-state index in [0.717, 1.165) is 0 Å². The molecule has 0 saturated carbocycles. The van der Waals surface area contributed by atoms with Crippen LogP contribution in [0.5, 0.6) is 0 Å². The Kier molecular flexibility index (Phi) is 3.22. The Bertz CT molecular complexity index is 576. The highest BCUT2D eigenvalue weighted by Crippen LogP contribution is 2.24. The summed E-state index contributed by atoms with van der Waals surface area (Å²) >= 11 is 5.36. The molecule has 0 aliphatic heterocycles. The van der Waals surface area contributed by atoms with E-state index < -0.39 is 10.0 Å². The molecule has 0 radical (unpaired) electrons. The van der Waals surface area contributed by atoms with Crippen molar-refractivity contribution in [3.63, 3.8) is 0 Å². The number of para-hydroxylation sites is 1. The topological polar surface area (TPSA) is 46.2 Å². The van der Waals surface area contributed by atoms with Gasteiger partial charge in [-0.15, -0.1) is 24.0 Å². The molecule has 2 rings (SSSR count). The largest absolute Gasteiger partial charge is 0.278 e. The first-order valence-corrected chi connectivity index (χ1v) is 7.25. The molecule has 0 atom stereocenters. The Hall–Kier alpha value is -0.980. The molecule has 0 amide bonds. The van der Waals surface area contributed by atoms with E-state index in [2.05, 4.69) is 17.4 Å². The number of hydrogen-bond acceptors (Lipinski definition) is 4. The fraction of sp³-hybridized carbons (Fsp3) is 0. The van der Waals surface area contributed by atoms with Crippen LogP contribution in [0.3, 0.4) is 0 Å². The number of anilines is 1. The van der Waals surface area contributed by atoms with Crippen LogP contribution in [0.2, 0.25) is 0 Å². The van der Waals surface area contributed by atoms with Crippen molar-refractivity contribution in [2.75, 3.05) is 4.72 Å². The van der Waals surface area contributed by atoms with E-state index in [9.17, 15) is 8.42 Å². The van der Waals surface area contributed by atoms with Crippen molar-refractivity contribution < 1.29 is 8.42 Å². The predicted octanol–water partition coefficient (Wildman–Crippen LogP) is 2.84. The van der Waals surface area contributed by atoms with E-state index in [0.29, 0.717) is 14.8 Å². The third-order valence-electron chi connectivity index (χ3n) is 1.91. The van der Waals surface area contributed by atoms with E-state index in [1.807, 2.05) is 0 Å². The molecule has 0 bridgehead atoms. The maximum absolute atomic E-state index is 11.9. The number of thiol groups is 1. The van der Waals surface area contributed by atoms with Gasteiger partial charge in [0.25, 0.3) is 10.0 Å². The highest BCUT2D eigenvalue weighted by molar-refractivity contribution is 7.94. The summed E-state index contributed by atoms with van der Waals surface area (Å²) in [6, 6.07) is 10.2. The Morgan fingerprint density at radius 1 is 1.12 bits per heavy atom. The molecule has 1 aromatic heterocycles. The summed E-state index contributed by atoms with van der Waals surface area (Å²) in [5.41, 5.74) is 0.485. The molecule has 0 saturated heterocycles. The van der Waals surface area contributed by atoms with Crippen molar-refractivity contribution in [3.8, 4) is 0 Å². The molecule has 0 aliphatic carbocycles. The molecule has 0 aliphatic rings. The van der Waals surface area contributed by atoms with Crippen LogP contribution in [0.4, 0.5) is 5.69 Å². The normalized spacial score (nSPS) is 11.3. The van der Waals surface area contributed by atoms with E-state index in [1.54, 1.807) is 41.8 Å². The summed E-state index contributed by atoms with van der Waals surface area (Å²) in [4.78, 5) is 0.600. The molecule has 0 unspecified atom stereocenters. The molecular formula is C10H9NO2S3. The van der Waals surface area contributed by atoms with Crippen molar-refractivity contribution in [1.29, 1.82) is 0 Å². The number of thiophene rings is 1. The number of benzene rings is 1. The quantitative estimate of drug-likeness (QED) is 0.843. The van der Waals surface area contributed by atoms with Gasteiger partial charge in [-0.3, -0.25) is 4.72 Å². The number of nitrogens with one attached hydrogen (secondary N) is 1. The zero-order valence-electron chi connectivity index (χ0n) is 8.12. The second kappa shape index (κ2) is 4.48. The van der Waals surface area contributed by atoms with Crippen LogP contribution in [0.15, 0.2) is 50.9 Å². The molecule has 1 N–H and O–H groups in total. The average Bonchev–Trinajstić information content (AvgIpc) is 2.75. The van der Waals surface area contributed by atoms with Crippen LogP contribution in [-0.2, 0) is 10.0 Å². The van der Waals surface area contributed by atoms with Gasteiger partial charge < -0.3 is 0 Å². The third-order valence-corrected chi connectivity index (χ3v) is 5.06. The van der Waals surface area contributed by atoms with Gasteiger partial charge in [-0.1, -0.05) is 18.2 Å². The van der Waals surface area contributed by atoms with Crippen molar-refractivity contribution >= 4 is 39.7 Å². The SMILES string of the molecule is O=S(=O)(Nc1ccccc1S)c1cccs1. The van der Waals surface area contributed by atoms with Crippen molar-refractivity contribution in [3.05, 3.63) is 41.8 Å². The summed E-state index contributed by atoms with van der Waals surface area (Å²) in [6.07, 6.45) is 0. The molecule has 2 aromatic rings. The lowest BCUT2D eigenvalue weighted by Crippen LogP contribution is -2.11. The van der Waals surface area contributed by atoms with Gasteiger partial charge in [0.1, 0.15) is 4.21 Å². The second-order valence-electron chi connectivity index (χ2n) is 3.05. The smallest absolute Gasteiger partial charge is 0.271 e. The van der Waals surface area contributed by atoms with Gasteiger partial charge in [0.2, 0.25) is 0 Å². The van der Waals surface area contributed by atoms with Crippen LogP contribution in [0, 0.1) is 0 Å². The van der Waals surface area contributed by atoms with Gasteiger partial charge in [0, 0.05) is 4.90 Å². The first-order chi connectivity index (χ1) is 7.59. The van der Waals surface area contributed by atoms with Crippen LogP contribution in [-0.4, -0.2) is 8.42 Å². The van der Waals surface area contributed by atoms with Crippen LogP contribution < -0.4 is 4.72 Å². The Morgan fingerprint density at radius 2 is 1.88 bits per heavy atom.